The Morgan fingerprint density at radius 1 is 0.911 bits per heavy atom. The molecule has 1 atom stereocenters. The Hall–Kier alpha value is -4.71. The zero-order valence-electron chi connectivity index (χ0n) is 24.5. The van der Waals surface area contributed by atoms with E-state index < -0.39 is 11.8 Å². The van der Waals surface area contributed by atoms with E-state index in [2.05, 4.69) is 20.9 Å². The van der Waals surface area contributed by atoms with Crippen molar-refractivity contribution in [3.8, 4) is 16.3 Å². The van der Waals surface area contributed by atoms with Crippen LogP contribution in [0.4, 0.5) is 10.8 Å². The molecule has 3 amide bonds. The summed E-state index contributed by atoms with van der Waals surface area (Å²) >= 11 is 4.39. The second-order valence-electron chi connectivity index (χ2n) is 9.59. The summed E-state index contributed by atoms with van der Waals surface area (Å²) < 4.78 is 5.71. The summed E-state index contributed by atoms with van der Waals surface area (Å²) in [4.78, 5) is 45.7. The fraction of sp³-hybridized carbons (Fsp3) is 0.118. The van der Waals surface area contributed by atoms with Gasteiger partial charge in [0.05, 0.1) is 22.4 Å². The zero-order chi connectivity index (χ0) is 31.6. The van der Waals surface area contributed by atoms with Crippen LogP contribution in [0.15, 0.2) is 112 Å². The van der Waals surface area contributed by atoms with E-state index >= 15 is 0 Å². The van der Waals surface area contributed by atoms with E-state index in [-0.39, 0.29) is 16.9 Å². The van der Waals surface area contributed by atoms with Crippen LogP contribution in [0.5, 0.6) is 5.75 Å². The minimum atomic E-state index is -0.496. The molecule has 0 aliphatic carbocycles. The minimum Gasteiger partial charge on any atom is -0.493 e. The smallest absolute Gasteiger partial charge is 0.272 e. The number of aromatic nitrogens is 1. The average Bonchev–Trinajstić information content (AvgIpc) is 3.76. The Morgan fingerprint density at radius 2 is 1.67 bits per heavy atom. The number of thioether (sulfide) groups is 1. The molecule has 2 aromatic heterocycles. The highest BCUT2D eigenvalue weighted by Gasteiger charge is 2.18. The van der Waals surface area contributed by atoms with Gasteiger partial charge in [-0.3, -0.25) is 14.4 Å². The average molecular weight is 655 g/mol. The van der Waals surface area contributed by atoms with Crippen LogP contribution in [0.2, 0.25) is 0 Å². The van der Waals surface area contributed by atoms with Gasteiger partial charge in [0.2, 0.25) is 5.91 Å². The number of thiazole rings is 1. The first-order valence-electron chi connectivity index (χ1n) is 14.1. The fourth-order valence-electron chi connectivity index (χ4n) is 4.13. The van der Waals surface area contributed by atoms with Crippen molar-refractivity contribution in [1.82, 2.24) is 10.3 Å². The van der Waals surface area contributed by atoms with E-state index in [1.807, 2.05) is 73.1 Å². The van der Waals surface area contributed by atoms with Crippen LogP contribution in [-0.4, -0.2) is 34.6 Å². The molecular weight excluding hydrogens is 625 g/mol. The van der Waals surface area contributed by atoms with Crippen molar-refractivity contribution in [3.05, 3.63) is 119 Å². The molecule has 45 heavy (non-hydrogen) atoms. The number of carbonyl (C=O) groups is 3. The maximum Gasteiger partial charge on any atom is 0.272 e. The van der Waals surface area contributed by atoms with Crippen molar-refractivity contribution in [2.24, 2.45) is 0 Å². The lowest BCUT2D eigenvalue weighted by atomic mass is 10.1. The monoisotopic (exact) mass is 654 g/mol. The normalized spacial score (nSPS) is 11.8. The van der Waals surface area contributed by atoms with Crippen molar-refractivity contribution < 1.29 is 19.1 Å². The summed E-state index contributed by atoms with van der Waals surface area (Å²) in [6.45, 7) is 4.16. The van der Waals surface area contributed by atoms with E-state index in [0.29, 0.717) is 34.3 Å². The van der Waals surface area contributed by atoms with Crippen LogP contribution in [0.1, 0.15) is 29.8 Å². The lowest BCUT2D eigenvalue weighted by Crippen LogP contribution is -2.30. The molecule has 0 aliphatic rings. The molecule has 0 bridgehead atoms. The van der Waals surface area contributed by atoms with Gasteiger partial charge in [-0.25, -0.2) is 4.98 Å². The molecule has 0 spiro atoms. The molecule has 5 aromatic rings. The second kappa shape index (κ2) is 15.3. The molecule has 0 saturated carbocycles. The molecule has 1 unspecified atom stereocenters. The van der Waals surface area contributed by atoms with E-state index in [0.717, 1.165) is 15.5 Å². The largest absolute Gasteiger partial charge is 0.493 e. The van der Waals surface area contributed by atoms with E-state index in [4.69, 9.17) is 4.74 Å². The number of hydrogen-bond donors (Lipinski definition) is 3. The fourth-order valence-corrected chi connectivity index (χ4v) is 6.47. The summed E-state index contributed by atoms with van der Waals surface area (Å²) in [7, 11) is 0. The topological polar surface area (TPSA) is 109 Å². The lowest BCUT2D eigenvalue weighted by Gasteiger charge is -2.14. The molecule has 3 N–H and O–H groups in total. The van der Waals surface area contributed by atoms with Gasteiger partial charge in [-0.1, -0.05) is 42.5 Å². The van der Waals surface area contributed by atoms with Gasteiger partial charge in [0.1, 0.15) is 11.4 Å². The standard InChI is InChI=1S/C34H30N4O4S3/c1-3-42-29-13-8-7-12-24(29)20-27(36-32(40)23-10-5-4-6-11-23)33(41)35-25-15-17-26(18-16-25)45-22(2)31(39)38-34-37-28(21-44-34)30-14-9-19-43-30/h4-22H,3H2,1-2H3,(H,35,41)(H,36,40)(H,37,38,39)/b27-20-. The van der Waals surface area contributed by atoms with Gasteiger partial charge < -0.3 is 20.7 Å². The molecule has 0 fully saturated rings. The summed E-state index contributed by atoms with van der Waals surface area (Å²) in [5.41, 5.74) is 2.51. The molecule has 8 nitrogen and oxygen atoms in total. The summed E-state index contributed by atoms with van der Waals surface area (Å²) in [5.74, 6) is -0.466. The summed E-state index contributed by atoms with van der Waals surface area (Å²) in [6, 6.07) is 27.1. The third-order valence-electron chi connectivity index (χ3n) is 6.35. The van der Waals surface area contributed by atoms with Gasteiger partial charge in [0, 0.05) is 27.1 Å². The molecule has 5 rings (SSSR count). The van der Waals surface area contributed by atoms with Crippen LogP contribution < -0.4 is 20.7 Å². The van der Waals surface area contributed by atoms with Gasteiger partial charge in [0.15, 0.2) is 5.13 Å². The lowest BCUT2D eigenvalue weighted by molar-refractivity contribution is -0.115. The number of para-hydroxylation sites is 1. The Kier molecular flexibility index (Phi) is 10.8. The number of benzene rings is 3. The molecule has 0 saturated heterocycles. The van der Waals surface area contributed by atoms with E-state index in [1.54, 1.807) is 59.9 Å². The Balaban J connectivity index is 1.24. The van der Waals surface area contributed by atoms with Crippen LogP contribution >= 0.6 is 34.4 Å². The first kappa shape index (κ1) is 31.7. The molecule has 2 heterocycles. The number of nitrogens with one attached hydrogen (secondary N) is 3. The molecule has 228 valence electrons. The number of nitrogens with zero attached hydrogens (tertiary/aromatic N) is 1. The zero-order valence-corrected chi connectivity index (χ0v) is 26.9. The van der Waals surface area contributed by atoms with Crippen LogP contribution in [0.3, 0.4) is 0 Å². The van der Waals surface area contributed by atoms with Gasteiger partial charge in [-0.2, -0.15) is 0 Å². The highest BCUT2D eigenvalue weighted by atomic mass is 32.2. The van der Waals surface area contributed by atoms with Crippen molar-refractivity contribution in [2.45, 2.75) is 24.0 Å². The number of thiophene rings is 1. The molecular formula is C34H30N4O4S3. The van der Waals surface area contributed by atoms with Gasteiger partial charge in [-0.05, 0) is 73.8 Å². The summed E-state index contributed by atoms with van der Waals surface area (Å²) in [5, 5.41) is 12.6. The van der Waals surface area contributed by atoms with Crippen molar-refractivity contribution >= 4 is 69.1 Å². The van der Waals surface area contributed by atoms with Gasteiger partial charge in [0.25, 0.3) is 11.8 Å². The Labute approximate surface area is 273 Å². The number of rotatable bonds is 12. The quantitative estimate of drug-likeness (QED) is 0.0936. The number of amides is 3. The molecule has 0 radical (unpaired) electrons. The maximum atomic E-state index is 13.5. The Bertz CT molecular complexity index is 1790. The third kappa shape index (κ3) is 8.69. The first-order valence-corrected chi connectivity index (χ1v) is 16.7. The number of hydrogen-bond acceptors (Lipinski definition) is 8. The summed E-state index contributed by atoms with van der Waals surface area (Å²) in [6.07, 6.45) is 1.59. The van der Waals surface area contributed by atoms with Crippen molar-refractivity contribution in [1.29, 1.82) is 0 Å². The second-order valence-corrected chi connectivity index (χ2v) is 12.8. The number of carbonyl (C=O) groups excluding carboxylic acids is 3. The molecule has 11 heteroatoms. The predicted molar refractivity (Wildman–Crippen MR) is 184 cm³/mol. The highest BCUT2D eigenvalue weighted by molar-refractivity contribution is 8.00. The van der Waals surface area contributed by atoms with Crippen LogP contribution in [0.25, 0.3) is 16.6 Å². The van der Waals surface area contributed by atoms with Crippen molar-refractivity contribution in [3.63, 3.8) is 0 Å². The first-order chi connectivity index (χ1) is 21.9. The SMILES string of the molecule is CCOc1ccccc1/C=C(\NC(=O)c1ccccc1)C(=O)Nc1ccc(SC(C)C(=O)Nc2nc(-c3cccs3)cs2)cc1. The molecule has 3 aromatic carbocycles. The van der Waals surface area contributed by atoms with Crippen molar-refractivity contribution in [2.75, 3.05) is 17.2 Å². The van der Waals surface area contributed by atoms with Crippen LogP contribution in [0, 0.1) is 0 Å². The van der Waals surface area contributed by atoms with Crippen LogP contribution in [-0.2, 0) is 9.59 Å². The Morgan fingerprint density at radius 3 is 2.40 bits per heavy atom. The maximum absolute atomic E-state index is 13.5. The highest BCUT2D eigenvalue weighted by Crippen LogP contribution is 2.30. The van der Waals surface area contributed by atoms with E-state index in [1.165, 1.54) is 23.1 Å². The third-order valence-corrected chi connectivity index (χ3v) is 9.11. The van der Waals surface area contributed by atoms with E-state index in [9.17, 15) is 14.4 Å². The minimum absolute atomic E-state index is 0.0594. The van der Waals surface area contributed by atoms with Gasteiger partial charge in [-0.15, -0.1) is 34.4 Å². The molecule has 0 aliphatic heterocycles. The number of anilines is 2. The van der Waals surface area contributed by atoms with Gasteiger partial charge >= 0.3 is 0 Å². The predicted octanol–water partition coefficient (Wildman–Crippen LogP) is 7.80. The number of ether oxygens (including phenoxy) is 1.